The van der Waals surface area contributed by atoms with Crippen molar-refractivity contribution in [2.45, 2.75) is 33.1 Å². The molecular weight excluding hydrogens is 354 g/mol. The van der Waals surface area contributed by atoms with Gasteiger partial charge in [-0.1, -0.05) is 0 Å². The van der Waals surface area contributed by atoms with Crippen LogP contribution in [-0.4, -0.2) is 33.0 Å². The Kier molecular flexibility index (Phi) is 4.01. The number of aryl methyl sites for hydroxylation is 2. The molecule has 27 heavy (non-hydrogen) atoms. The third kappa shape index (κ3) is 2.84. The Hall–Kier alpha value is -2.60. The lowest BCUT2D eigenvalue weighted by Gasteiger charge is -2.28. The lowest BCUT2D eigenvalue weighted by Crippen LogP contribution is -2.30. The number of hydrogen-bond acceptors (Lipinski definition) is 6. The number of nitrogens with zero attached hydrogens (tertiary/aromatic N) is 5. The van der Waals surface area contributed by atoms with Gasteiger partial charge in [0.15, 0.2) is 11.6 Å². The maximum absolute atomic E-state index is 5.01. The molecule has 1 saturated heterocycles. The first-order valence-electron chi connectivity index (χ1n) is 9.44. The zero-order chi connectivity index (χ0) is 18.4. The van der Waals surface area contributed by atoms with Crippen LogP contribution in [0.15, 0.2) is 30.6 Å². The van der Waals surface area contributed by atoms with Crippen LogP contribution in [-0.2, 0) is 0 Å². The standard InChI is InChI=1S/C21H21N5S/c1-13-12-14(2)23-21-16(13)17-18(27-21)20(26-10-4-3-5-11-26)25-19(24-17)15-6-8-22-9-7-15/h6-9,12H,3-5,10-11H2,1-2H3. The van der Waals surface area contributed by atoms with Gasteiger partial charge in [0.25, 0.3) is 0 Å². The minimum absolute atomic E-state index is 0.769. The van der Waals surface area contributed by atoms with Gasteiger partial charge in [0.05, 0.1) is 10.2 Å². The fraction of sp³-hybridized carbons (Fsp3) is 0.333. The van der Waals surface area contributed by atoms with Gasteiger partial charge in [-0.25, -0.2) is 15.0 Å². The first-order chi connectivity index (χ1) is 13.2. The molecule has 0 aromatic carbocycles. The van der Waals surface area contributed by atoms with Gasteiger partial charge in [-0.15, -0.1) is 11.3 Å². The molecule has 0 unspecified atom stereocenters. The molecular formula is C21H21N5S. The van der Waals surface area contributed by atoms with Gasteiger partial charge in [0.2, 0.25) is 0 Å². The van der Waals surface area contributed by atoms with Crippen molar-refractivity contribution in [2.75, 3.05) is 18.0 Å². The summed E-state index contributed by atoms with van der Waals surface area (Å²) in [6.07, 6.45) is 7.33. The molecule has 5 rings (SSSR count). The van der Waals surface area contributed by atoms with Crippen molar-refractivity contribution in [3.63, 3.8) is 0 Å². The lowest BCUT2D eigenvalue weighted by atomic mass is 10.1. The van der Waals surface area contributed by atoms with Gasteiger partial charge in [0, 0.05) is 42.1 Å². The maximum atomic E-state index is 5.01. The van der Waals surface area contributed by atoms with Crippen molar-refractivity contribution in [3.8, 4) is 11.4 Å². The van der Waals surface area contributed by atoms with E-state index < -0.39 is 0 Å². The SMILES string of the molecule is Cc1cc(C)c2c(n1)sc1c(N3CCCCC3)nc(-c3ccncc3)nc12. The summed E-state index contributed by atoms with van der Waals surface area (Å²) in [5, 5.41) is 1.16. The van der Waals surface area contributed by atoms with Crippen LogP contribution in [0.4, 0.5) is 5.82 Å². The number of pyridine rings is 2. The highest BCUT2D eigenvalue weighted by Crippen LogP contribution is 2.40. The van der Waals surface area contributed by atoms with Crippen LogP contribution in [0.3, 0.4) is 0 Å². The molecule has 0 radical (unpaired) electrons. The van der Waals surface area contributed by atoms with E-state index >= 15 is 0 Å². The van der Waals surface area contributed by atoms with Crippen LogP contribution in [0.1, 0.15) is 30.5 Å². The number of anilines is 1. The van der Waals surface area contributed by atoms with E-state index in [0.717, 1.165) is 56.4 Å². The summed E-state index contributed by atoms with van der Waals surface area (Å²) in [6.45, 7) is 6.32. The molecule has 4 aromatic rings. The zero-order valence-corrected chi connectivity index (χ0v) is 16.4. The second-order valence-corrected chi connectivity index (χ2v) is 8.19. The van der Waals surface area contributed by atoms with E-state index in [0.29, 0.717) is 0 Å². The van der Waals surface area contributed by atoms with E-state index in [1.165, 1.54) is 24.8 Å². The van der Waals surface area contributed by atoms with Gasteiger partial charge >= 0.3 is 0 Å². The second kappa shape index (κ2) is 6.53. The van der Waals surface area contributed by atoms with Crippen LogP contribution in [0.5, 0.6) is 0 Å². The zero-order valence-electron chi connectivity index (χ0n) is 15.6. The van der Waals surface area contributed by atoms with Gasteiger partial charge in [0.1, 0.15) is 4.83 Å². The molecule has 5 nitrogen and oxygen atoms in total. The Morgan fingerprint density at radius 1 is 0.963 bits per heavy atom. The fourth-order valence-electron chi connectivity index (χ4n) is 3.91. The fourth-order valence-corrected chi connectivity index (χ4v) is 5.17. The summed E-state index contributed by atoms with van der Waals surface area (Å²) in [4.78, 5) is 22.4. The van der Waals surface area contributed by atoms with Gasteiger partial charge in [-0.05, 0) is 56.9 Å². The van der Waals surface area contributed by atoms with E-state index in [9.17, 15) is 0 Å². The number of hydrogen-bond donors (Lipinski definition) is 0. The molecule has 6 heteroatoms. The minimum Gasteiger partial charge on any atom is -0.355 e. The normalized spacial score (nSPS) is 15.0. The largest absolute Gasteiger partial charge is 0.355 e. The minimum atomic E-state index is 0.769. The van der Waals surface area contributed by atoms with E-state index in [1.807, 2.05) is 12.1 Å². The third-order valence-electron chi connectivity index (χ3n) is 5.19. The summed E-state index contributed by atoms with van der Waals surface area (Å²) in [6, 6.07) is 6.10. The highest BCUT2D eigenvalue weighted by Gasteiger charge is 2.22. The average Bonchev–Trinajstić information content (AvgIpc) is 3.07. The topological polar surface area (TPSA) is 54.8 Å². The molecule has 0 N–H and O–H groups in total. The highest BCUT2D eigenvalue weighted by atomic mass is 32.1. The van der Waals surface area contributed by atoms with Crippen LogP contribution in [0.25, 0.3) is 31.8 Å². The number of piperidine rings is 1. The van der Waals surface area contributed by atoms with Gasteiger partial charge < -0.3 is 4.90 Å². The molecule has 0 atom stereocenters. The first kappa shape index (κ1) is 16.6. The van der Waals surface area contributed by atoms with Crippen molar-refractivity contribution in [1.29, 1.82) is 0 Å². The Bertz CT molecular complexity index is 1130. The molecule has 1 aliphatic rings. The Morgan fingerprint density at radius 2 is 1.74 bits per heavy atom. The monoisotopic (exact) mass is 375 g/mol. The van der Waals surface area contributed by atoms with Crippen molar-refractivity contribution < 1.29 is 0 Å². The van der Waals surface area contributed by atoms with Crippen molar-refractivity contribution in [2.24, 2.45) is 0 Å². The predicted octanol–water partition coefficient (Wildman–Crippen LogP) is 4.91. The van der Waals surface area contributed by atoms with Crippen LogP contribution in [0, 0.1) is 13.8 Å². The number of thiophene rings is 1. The molecule has 0 aliphatic carbocycles. The molecule has 0 spiro atoms. The Morgan fingerprint density at radius 3 is 2.52 bits per heavy atom. The van der Waals surface area contributed by atoms with Gasteiger partial charge in [-0.3, -0.25) is 4.98 Å². The van der Waals surface area contributed by atoms with Crippen LogP contribution >= 0.6 is 11.3 Å². The van der Waals surface area contributed by atoms with E-state index in [1.54, 1.807) is 23.7 Å². The molecule has 4 aromatic heterocycles. The summed E-state index contributed by atoms with van der Waals surface area (Å²) < 4.78 is 1.16. The van der Waals surface area contributed by atoms with Crippen molar-refractivity contribution >= 4 is 37.6 Å². The van der Waals surface area contributed by atoms with Crippen molar-refractivity contribution in [1.82, 2.24) is 19.9 Å². The first-order valence-corrected chi connectivity index (χ1v) is 10.3. The maximum Gasteiger partial charge on any atom is 0.162 e. The molecule has 0 bridgehead atoms. The molecule has 136 valence electrons. The molecule has 1 fully saturated rings. The quantitative estimate of drug-likeness (QED) is 0.498. The van der Waals surface area contributed by atoms with Crippen LogP contribution in [0.2, 0.25) is 0 Å². The van der Waals surface area contributed by atoms with E-state index in [-0.39, 0.29) is 0 Å². The van der Waals surface area contributed by atoms with Crippen LogP contribution < -0.4 is 4.90 Å². The average molecular weight is 376 g/mol. The third-order valence-corrected chi connectivity index (χ3v) is 6.26. The second-order valence-electron chi connectivity index (χ2n) is 7.19. The summed E-state index contributed by atoms with van der Waals surface area (Å²) in [5.74, 6) is 1.83. The number of aromatic nitrogens is 4. The summed E-state index contributed by atoms with van der Waals surface area (Å²) in [5.41, 5.74) is 4.31. The summed E-state index contributed by atoms with van der Waals surface area (Å²) in [7, 11) is 0. The number of rotatable bonds is 2. The molecule has 0 amide bonds. The number of fused-ring (bicyclic) bond motifs is 3. The molecule has 5 heterocycles. The van der Waals surface area contributed by atoms with E-state index in [2.05, 4.69) is 29.8 Å². The lowest BCUT2D eigenvalue weighted by molar-refractivity contribution is 0.575. The Balaban J connectivity index is 1.83. The highest BCUT2D eigenvalue weighted by molar-refractivity contribution is 7.26. The molecule has 0 saturated carbocycles. The Labute approximate surface area is 162 Å². The van der Waals surface area contributed by atoms with Gasteiger partial charge in [-0.2, -0.15) is 0 Å². The smallest absolute Gasteiger partial charge is 0.162 e. The predicted molar refractivity (Wildman–Crippen MR) is 111 cm³/mol. The van der Waals surface area contributed by atoms with E-state index in [4.69, 9.17) is 15.0 Å². The molecule has 1 aliphatic heterocycles. The summed E-state index contributed by atoms with van der Waals surface area (Å²) >= 11 is 1.72. The van der Waals surface area contributed by atoms with Crippen molar-refractivity contribution in [3.05, 3.63) is 41.9 Å².